The molecule has 33 heavy (non-hydrogen) atoms. The number of rotatable bonds is 6. The van der Waals surface area contributed by atoms with Gasteiger partial charge in [-0.1, -0.05) is 17.4 Å². The second-order valence-corrected chi connectivity index (χ2v) is 12.5. The first-order chi connectivity index (χ1) is 15.5. The largest absolute Gasteiger partial charge is 0.279 e. The van der Waals surface area contributed by atoms with Crippen LogP contribution >= 0.6 is 11.3 Å². The number of thiazole rings is 1. The van der Waals surface area contributed by atoms with Crippen LogP contribution in [0.3, 0.4) is 0 Å². The van der Waals surface area contributed by atoms with E-state index >= 15 is 0 Å². The fourth-order valence-corrected chi connectivity index (χ4v) is 5.49. The summed E-state index contributed by atoms with van der Waals surface area (Å²) in [5.74, 6) is -0.374. The summed E-state index contributed by atoms with van der Waals surface area (Å²) in [5.41, 5.74) is 1.64. The number of hydrogen-bond donors (Lipinski definition) is 0. The molecule has 8 nitrogen and oxygen atoms in total. The van der Waals surface area contributed by atoms with E-state index in [1.807, 2.05) is 6.07 Å². The maximum absolute atomic E-state index is 13.4. The van der Waals surface area contributed by atoms with E-state index < -0.39 is 19.7 Å². The first-order valence-electron chi connectivity index (χ1n) is 9.64. The van der Waals surface area contributed by atoms with Crippen LogP contribution in [0.5, 0.6) is 0 Å². The molecule has 170 valence electrons. The minimum Gasteiger partial charge on any atom is -0.279 e. The summed E-state index contributed by atoms with van der Waals surface area (Å²) >= 11 is 1.20. The van der Waals surface area contributed by atoms with Gasteiger partial charge >= 0.3 is 0 Å². The zero-order valence-electron chi connectivity index (χ0n) is 17.7. The molecule has 4 aromatic rings. The van der Waals surface area contributed by atoms with Gasteiger partial charge in [0.05, 0.1) is 26.6 Å². The molecule has 2 aromatic carbocycles. The number of aromatic nitrogens is 2. The highest BCUT2D eigenvalue weighted by Crippen LogP contribution is 2.32. The molecule has 0 fully saturated rings. The van der Waals surface area contributed by atoms with Gasteiger partial charge in [0.25, 0.3) is 5.91 Å². The van der Waals surface area contributed by atoms with Gasteiger partial charge in [-0.2, -0.15) is 0 Å². The zero-order valence-corrected chi connectivity index (χ0v) is 20.1. The van der Waals surface area contributed by atoms with Crippen molar-refractivity contribution in [3.63, 3.8) is 0 Å². The highest BCUT2D eigenvalue weighted by molar-refractivity contribution is 7.91. The number of anilines is 1. The third-order valence-corrected chi connectivity index (χ3v) is 8.13. The van der Waals surface area contributed by atoms with Gasteiger partial charge in [-0.05, 0) is 54.1 Å². The fraction of sp³-hybridized carbons (Fsp3) is 0.136. The first kappa shape index (κ1) is 23.0. The molecule has 2 aromatic heterocycles. The number of nitrogens with zero attached hydrogens (tertiary/aromatic N) is 3. The minimum atomic E-state index is -3.39. The maximum Gasteiger partial charge on any atom is 0.260 e. The van der Waals surface area contributed by atoms with Crippen molar-refractivity contribution in [3.8, 4) is 0 Å². The van der Waals surface area contributed by atoms with Crippen molar-refractivity contribution in [3.05, 3.63) is 78.1 Å². The molecular formula is C22H19N3O5S3. The van der Waals surface area contributed by atoms with Crippen LogP contribution in [0.25, 0.3) is 10.2 Å². The SMILES string of the molecule is CS(=O)(=O)c1ccc(C(=O)N(Cc2cccnc2)c2nc3ccc(S(C)(=O)=O)cc3s2)cc1. The summed E-state index contributed by atoms with van der Waals surface area (Å²) in [7, 11) is -6.78. The van der Waals surface area contributed by atoms with Gasteiger partial charge in [0.1, 0.15) is 0 Å². The highest BCUT2D eigenvalue weighted by atomic mass is 32.2. The Morgan fingerprint density at radius 1 is 0.939 bits per heavy atom. The number of hydrogen-bond acceptors (Lipinski definition) is 8. The predicted octanol–water partition coefficient (Wildman–Crippen LogP) is 3.35. The monoisotopic (exact) mass is 501 g/mol. The lowest BCUT2D eigenvalue weighted by molar-refractivity contribution is 0.0985. The predicted molar refractivity (Wildman–Crippen MR) is 127 cm³/mol. The Morgan fingerprint density at radius 3 is 2.21 bits per heavy atom. The fourth-order valence-electron chi connectivity index (χ4n) is 3.14. The average molecular weight is 502 g/mol. The summed E-state index contributed by atoms with van der Waals surface area (Å²) in [5, 5.41) is 0.386. The Bertz CT molecular complexity index is 1550. The van der Waals surface area contributed by atoms with Gasteiger partial charge in [-0.3, -0.25) is 14.7 Å². The highest BCUT2D eigenvalue weighted by Gasteiger charge is 2.23. The molecule has 0 spiro atoms. The van der Waals surface area contributed by atoms with Crippen LogP contribution in [0.2, 0.25) is 0 Å². The van der Waals surface area contributed by atoms with E-state index in [9.17, 15) is 21.6 Å². The lowest BCUT2D eigenvalue weighted by Crippen LogP contribution is -2.30. The van der Waals surface area contributed by atoms with Crippen molar-refractivity contribution in [1.29, 1.82) is 0 Å². The topological polar surface area (TPSA) is 114 Å². The molecule has 0 aliphatic rings. The van der Waals surface area contributed by atoms with E-state index in [1.165, 1.54) is 46.6 Å². The number of sulfone groups is 2. The van der Waals surface area contributed by atoms with Crippen LogP contribution in [-0.2, 0) is 26.2 Å². The Kier molecular flexibility index (Phi) is 6.04. The van der Waals surface area contributed by atoms with E-state index in [4.69, 9.17) is 0 Å². The molecule has 2 heterocycles. The van der Waals surface area contributed by atoms with Crippen LogP contribution < -0.4 is 4.90 Å². The van der Waals surface area contributed by atoms with Gasteiger partial charge in [-0.15, -0.1) is 0 Å². The average Bonchev–Trinajstić information content (AvgIpc) is 3.20. The Balaban J connectivity index is 1.77. The van der Waals surface area contributed by atoms with E-state index in [0.29, 0.717) is 20.9 Å². The Labute approximate surface area is 195 Å². The number of fused-ring (bicyclic) bond motifs is 1. The Morgan fingerprint density at radius 2 is 1.61 bits per heavy atom. The second kappa shape index (κ2) is 8.65. The van der Waals surface area contributed by atoms with Gasteiger partial charge < -0.3 is 0 Å². The zero-order chi connectivity index (χ0) is 23.8. The summed E-state index contributed by atoms with van der Waals surface area (Å²) in [6, 6.07) is 13.9. The van der Waals surface area contributed by atoms with E-state index in [2.05, 4.69) is 9.97 Å². The molecule has 4 rings (SSSR count). The van der Waals surface area contributed by atoms with Crippen LogP contribution in [-0.4, -0.2) is 45.2 Å². The first-order valence-corrected chi connectivity index (χ1v) is 14.2. The minimum absolute atomic E-state index is 0.117. The molecule has 1 amide bonds. The van der Waals surface area contributed by atoms with Crippen molar-refractivity contribution < 1.29 is 21.6 Å². The molecule has 0 N–H and O–H groups in total. The van der Waals surface area contributed by atoms with E-state index in [0.717, 1.165) is 18.1 Å². The van der Waals surface area contributed by atoms with Crippen LogP contribution in [0, 0.1) is 0 Å². The van der Waals surface area contributed by atoms with Crippen LogP contribution in [0.15, 0.2) is 76.8 Å². The van der Waals surface area contributed by atoms with Crippen molar-refractivity contribution in [2.24, 2.45) is 0 Å². The number of carbonyl (C=O) groups is 1. The quantitative estimate of drug-likeness (QED) is 0.398. The van der Waals surface area contributed by atoms with Crippen molar-refractivity contribution in [1.82, 2.24) is 9.97 Å². The maximum atomic E-state index is 13.4. The van der Waals surface area contributed by atoms with Crippen LogP contribution in [0.1, 0.15) is 15.9 Å². The van der Waals surface area contributed by atoms with E-state index in [1.54, 1.807) is 30.6 Å². The van der Waals surface area contributed by atoms with Gasteiger partial charge in [-0.25, -0.2) is 21.8 Å². The molecule has 0 saturated carbocycles. The number of pyridine rings is 1. The third-order valence-electron chi connectivity index (χ3n) is 4.85. The van der Waals surface area contributed by atoms with Gasteiger partial charge in [0, 0.05) is 30.5 Å². The molecule has 0 atom stereocenters. The van der Waals surface area contributed by atoms with Crippen molar-refractivity contribution >= 4 is 52.3 Å². The van der Waals surface area contributed by atoms with Gasteiger partial charge in [0.2, 0.25) is 0 Å². The van der Waals surface area contributed by atoms with Gasteiger partial charge in [0.15, 0.2) is 24.8 Å². The molecule has 0 radical (unpaired) electrons. The molecule has 11 heteroatoms. The summed E-state index contributed by atoms with van der Waals surface area (Å²) in [6.45, 7) is 0.180. The smallest absolute Gasteiger partial charge is 0.260 e. The molecule has 0 bridgehead atoms. The van der Waals surface area contributed by atoms with Crippen molar-refractivity contribution in [2.75, 3.05) is 17.4 Å². The lowest BCUT2D eigenvalue weighted by atomic mass is 10.2. The second-order valence-electron chi connectivity index (χ2n) is 7.45. The van der Waals surface area contributed by atoms with E-state index in [-0.39, 0.29) is 22.2 Å². The molecule has 0 saturated heterocycles. The molecule has 0 unspecified atom stereocenters. The normalized spacial score (nSPS) is 12.1. The number of carbonyl (C=O) groups excluding carboxylic acids is 1. The molecular weight excluding hydrogens is 482 g/mol. The van der Waals surface area contributed by atoms with Crippen molar-refractivity contribution in [2.45, 2.75) is 16.3 Å². The lowest BCUT2D eigenvalue weighted by Gasteiger charge is -2.20. The summed E-state index contributed by atoms with van der Waals surface area (Å²) < 4.78 is 48.0. The number of amides is 1. The summed E-state index contributed by atoms with van der Waals surface area (Å²) in [6.07, 6.45) is 5.50. The third kappa shape index (κ3) is 5.10. The molecule has 0 aliphatic heterocycles. The standard InChI is InChI=1S/C22H19N3O5S3/c1-32(27,28)17-7-5-16(6-8-17)21(26)25(14-15-4-3-11-23-13-15)22-24-19-10-9-18(33(2,29)30)12-20(19)31-22/h3-13H,14H2,1-2H3. The number of benzene rings is 2. The summed E-state index contributed by atoms with van der Waals surface area (Å²) in [4.78, 5) is 23.8. The Hall–Kier alpha value is -3.15. The molecule has 0 aliphatic carbocycles. The van der Waals surface area contributed by atoms with Crippen LogP contribution in [0.4, 0.5) is 5.13 Å².